The predicted octanol–water partition coefficient (Wildman–Crippen LogP) is 5.08. The summed E-state index contributed by atoms with van der Waals surface area (Å²) in [5, 5.41) is 6.17. The van der Waals surface area contributed by atoms with E-state index in [1.165, 1.54) is 22.0 Å². The van der Waals surface area contributed by atoms with Crippen LogP contribution in [0.1, 0.15) is 12.0 Å². The number of hydrogen-bond acceptors (Lipinski definition) is 2. The van der Waals surface area contributed by atoms with Crippen molar-refractivity contribution in [3.05, 3.63) is 79.4 Å². The number of benzene rings is 2. The Hall–Kier alpha value is -2.65. The summed E-state index contributed by atoms with van der Waals surface area (Å²) in [5.74, 6) is 0. The highest BCUT2D eigenvalue weighted by atomic mass is 15.3. The number of rotatable bonds is 9. The van der Waals surface area contributed by atoms with Crippen LogP contribution in [-0.2, 0) is 6.54 Å². The number of aryl methyl sites for hydroxylation is 2. The van der Waals surface area contributed by atoms with Gasteiger partial charge in [-0.15, -0.1) is 13.2 Å². The highest BCUT2D eigenvalue weighted by Gasteiger charge is 2.12. The average Bonchev–Trinajstić information content (AvgIpc) is 3.00. The van der Waals surface area contributed by atoms with Gasteiger partial charge in [-0.25, -0.2) is 0 Å². The Morgan fingerprint density at radius 3 is 2.46 bits per heavy atom. The van der Waals surface area contributed by atoms with Crippen LogP contribution in [0.5, 0.6) is 0 Å². The molecule has 0 N–H and O–H groups in total. The van der Waals surface area contributed by atoms with Crippen LogP contribution < -0.4 is 0 Å². The van der Waals surface area contributed by atoms with Gasteiger partial charge in [-0.05, 0) is 25.5 Å². The number of aromatic nitrogens is 2. The first-order chi connectivity index (χ1) is 12.7. The lowest BCUT2D eigenvalue weighted by atomic mass is 10.1. The van der Waals surface area contributed by atoms with Gasteiger partial charge in [-0.3, -0.25) is 9.58 Å². The van der Waals surface area contributed by atoms with Gasteiger partial charge in [0, 0.05) is 37.1 Å². The van der Waals surface area contributed by atoms with Gasteiger partial charge in [0.2, 0.25) is 0 Å². The molecular weight excluding hydrogens is 318 g/mol. The summed E-state index contributed by atoms with van der Waals surface area (Å²) in [4.78, 5) is 2.34. The van der Waals surface area contributed by atoms with Crippen LogP contribution in [0.25, 0.3) is 22.2 Å². The second kappa shape index (κ2) is 8.63. The Balaban J connectivity index is 1.85. The Labute approximate surface area is 156 Å². The number of nitrogens with zero attached hydrogens (tertiary/aromatic N) is 3. The summed E-state index contributed by atoms with van der Waals surface area (Å²) >= 11 is 0. The molecule has 1 heterocycles. The highest BCUT2D eigenvalue weighted by molar-refractivity contribution is 5.93. The molecule has 3 aromatic rings. The maximum atomic E-state index is 4.95. The van der Waals surface area contributed by atoms with Crippen LogP contribution in [0, 0.1) is 6.92 Å². The minimum Gasteiger partial charge on any atom is -0.296 e. The third-order valence-corrected chi connectivity index (χ3v) is 4.57. The monoisotopic (exact) mass is 345 g/mol. The van der Waals surface area contributed by atoms with Gasteiger partial charge in [0.1, 0.15) is 5.69 Å². The Morgan fingerprint density at radius 2 is 1.77 bits per heavy atom. The van der Waals surface area contributed by atoms with Crippen LogP contribution in [0.15, 0.2) is 73.8 Å². The number of fused-ring (bicyclic) bond motifs is 1. The fourth-order valence-electron chi connectivity index (χ4n) is 3.34. The van der Waals surface area contributed by atoms with Crippen LogP contribution in [0.4, 0.5) is 0 Å². The van der Waals surface area contributed by atoms with E-state index in [0.717, 1.165) is 38.3 Å². The fourth-order valence-corrected chi connectivity index (χ4v) is 3.34. The molecule has 3 heteroatoms. The van der Waals surface area contributed by atoms with E-state index < -0.39 is 0 Å². The van der Waals surface area contributed by atoms with Crippen LogP contribution in [0.2, 0.25) is 0 Å². The molecule has 134 valence electrons. The first kappa shape index (κ1) is 18.2. The molecule has 0 atom stereocenters. The third-order valence-electron chi connectivity index (χ3n) is 4.57. The molecule has 0 aliphatic rings. The zero-order chi connectivity index (χ0) is 18.4. The summed E-state index contributed by atoms with van der Waals surface area (Å²) < 4.78 is 2.15. The normalized spacial score (nSPS) is 11.2. The summed E-state index contributed by atoms with van der Waals surface area (Å²) in [6.07, 6.45) is 4.94. The SMILES string of the molecule is C=CCN(CC=C)CCCn1nc(-c2ccccc2)c2cc(C)ccc21. The molecule has 3 rings (SSSR count). The lowest BCUT2D eigenvalue weighted by Gasteiger charge is -2.18. The van der Waals surface area contributed by atoms with Crippen LogP contribution in [0.3, 0.4) is 0 Å². The van der Waals surface area contributed by atoms with Crippen molar-refractivity contribution >= 4 is 10.9 Å². The first-order valence-corrected chi connectivity index (χ1v) is 9.19. The molecule has 0 bridgehead atoms. The molecule has 0 spiro atoms. The minimum atomic E-state index is 0.889. The van der Waals surface area contributed by atoms with Crippen molar-refractivity contribution in [1.82, 2.24) is 14.7 Å². The smallest absolute Gasteiger partial charge is 0.100 e. The molecule has 1 aromatic heterocycles. The van der Waals surface area contributed by atoms with Gasteiger partial charge < -0.3 is 0 Å². The molecule has 2 aromatic carbocycles. The molecular formula is C23H27N3. The van der Waals surface area contributed by atoms with Gasteiger partial charge >= 0.3 is 0 Å². The number of hydrogen-bond donors (Lipinski definition) is 0. The van der Waals surface area contributed by atoms with E-state index >= 15 is 0 Å². The van der Waals surface area contributed by atoms with Gasteiger partial charge in [0.05, 0.1) is 5.52 Å². The second-order valence-corrected chi connectivity index (χ2v) is 6.65. The standard InChI is InChI=1S/C23H27N3/c1-4-14-25(15-5-2)16-9-17-26-22-13-12-19(3)18-21(22)23(24-26)20-10-7-6-8-11-20/h4-8,10-13,18H,1-2,9,14-17H2,3H3. The molecule has 3 nitrogen and oxygen atoms in total. The predicted molar refractivity (Wildman–Crippen MR) is 111 cm³/mol. The highest BCUT2D eigenvalue weighted by Crippen LogP contribution is 2.28. The average molecular weight is 345 g/mol. The quantitative estimate of drug-likeness (QED) is 0.505. The molecule has 0 saturated carbocycles. The molecule has 0 unspecified atom stereocenters. The van der Waals surface area contributed by atoms with Crippen molar-refractivity contribution in [2.24, 2.45) is 0 Å². The van der Waals surface area contributed by atoms with Crippen molar-refractivity contribution < 1.29 is 0 Å². The van der Waals surface area contributed by atoms with E-state index in [4.69, 9.17) is 5.10 Å². The zero-order valence-electron chi connectivity index (χ0n) is 15.6. The van der Waals surface area contributed by atoms with Crippen molar-refractivity contribution in [3.8, 4) is 11.3 Å². The maximum absolute atomic E-state index is 4.95. The molecule has 26 heavy (non-hydrogen) atoms. The molecule has 0 fully saturated rings. The van der Waals surface area contributed by atoms with E-state index in [9.17, 15) is 0 Å². The lowest BCUT2D eigenvalue weighted by Crippen LogP contribution is -2.26. The van der Waals surface area contributed by atoms with E-state index in [2.05, 4.69) is 72.1 Å². The van der Waals surface area contributed by atoms with Gasteiger partial charge in [-0.2, -0.15) is 5.10 Å². The van der Waals surface area contributed by atoms with Gasteiger partial charge in [0.25, 0.3) is 0 Å². The second-order valence-electron chi connectivity index (χ2n) is 6.65. The Morgan fingerprint density at radius 1 is 1.04 bits per heavy atom. The molecule has 0 radical (unpaired) electrons. The first-order valence-electron chi connectivity index (χ1n) is 9.19. The molecule has 0 aliphatic heterocycles. The fraction of sp³-hybridized carbons (Fsp3) is 0.261. The van der Waals surface area contributed by atoms with Crippen LogP contribution >= 0.6 is 0 Å². The zero-order valence-corrected chi connectivity index (χ0v) is 15.6. The van der Waals surface area contributed by atoms with Gasteiger partial charge in [-0.1, -0.05) is 54.1 Å². The summed E-state index contributed by atoms with van der Waals surface area (Å²) in [6.45, 7) is 13.5. The lowest BCUT2D eigenvalue weighted by molar-refractivity contribution is 0.320. The van der Waals surface area contributed by atoms with E-state index in [1.54, 1.807) is 0 Å². The van der Waals surface area contributed by atoms with Crippen molar-refractivity contribution in [3.63, 3.8) is 0 Å². The maximum Gasteiger partial charge on any atom is 0.100 e. The Bertz CT molecular complexity index is 867. The van der Waals surface area contributed by atoms with Crippen molar-refractivity contribution in [1.29, 1.82) is 0 Å². The Kier molecular flexibility index (Phi) is 6.03. The summed E-state index contributed by atoms with van der Waals surface area (Å²) in [7, 11) is 0. The van der Waals surface area contributed by atoms with Crippen LogP contribution in [-0.4, -0.2) is 34.3 Å². The summed E-state index contributed by atoms with van der Waals surface area (Å²) in [6, 6.07) is 17.0. The van der Waals surface area contributed by atoms with E-state index in [1.807, 2.05) is 18.2 Å². The van der Waals surface area contributed by atoms with Crippen molar-refractivity contribution in [2.75, 3.05) is 19.6 Å². The van der Waals surface area contributed by atoms with Crippen molar-refractivity contribution in [2.45, 2.75) is 19.9 Å². The minimum absolute atomic E-state index is 0.889. The largest absolute Gasteiger partial charge is 0.296 e. The van der Waals surface area contributed by atoms with E-state index in [0.29, 0.717) is 0 Å². The third kappa shape index (κ3) is 4.12. The van der Waals surface area contributed by atoms with Gasteiger partial charge in [0.15, 0.2) is 0 Å². The summed E-state index contributed by atoms with van der Waals surface area (Å²) in [5.41, 5.74) is 4.70. The molecule has 0 amide bonds. The topological polar surface area (TPSA) is 21.1 Å². The molecule has 0 aliphatic carbocycles. The van der Waals surface area contributed by atoms with E-state index in [-0.39, 0.29) is 0 Å². The molecule has 0 saturated heterocycles.